The van der Waals surface area contributed by atoms with Crippen molar-refractivity contribution in [2.45, 2.75) is 57.7 Å². The van der Waals surface area contributed by atoms with E-state index in [1.54, 1.807) is 6.07 Å². The van der Waals surface area contributed by atoms with Crippen LogP contribution in [-0.2, 0) is 25.4 Å². The van der Waals surface area contributed by atoms with Gasteiger partial charge in [-0.15, -0.1) is 0 Å². The van der Waals surface area contributed by atoms with E-state index in [9.17, 15) is 23.1 Å². The lowest BCUT2D eigenvalue weighted by Gasteiger charge is -2.17. The lowest BCUT2D eigenvalue weighted by atomic mass is 9.96. The molecule has 180 valence electrons. The number of carboxylic acid groups (broad SMARTS) is 1. The molecule has 2 aromatic carbocycles. The van der Waals surface area contributed by atoms with Gasteiger partial charge in [0.15, 0.2) is 0 Å². The van der Waals surface area contributed by atoms with Crippen molar-refractivity contribution in [3.63, 3.8) is 0 Å². The van der Waals surface area contributed by atoms with Crippen molar-refractivity contribution in [3.8, 4) is 11.4 Å². The molecule has 2 heterocycles. The molecule has 1 aliphatic rings. The molecule has 1 amide bonds. The summed E-state index contributed by atoms with van der Waals surface area (Å²) in [5, 5.41) is 13.1. The first kappa shape index (κ1) is 23.8. The number of amides is 1. The summed E-state index contributed by atoms with van der Waals surface area (Å²) in [7, 11) is 0. The number of aryl methyl sites for hydroxylation is 3. The number of hydrogen-bond donors (Lipinski definition) is 1. The third-order valence-corrected chi connectivity index (χ3v) is 6.14. The molecule has 1 aliphatic heterocycles. The minimum atomic E-state index is -4.53. The maximum Gasteiger partial charge on any atom is 0.416 e. The van der Waals surface area contributed by atoms with Gasteiger partial charge in [0.1, 0.15) is 6.04 Å². The van der Waals surface area contributed by atoms with Crippen LogP contribution in [-0.4, -0.2) is 32.8 Å². The van der Waals surface area contributed by atoms with Crippen LogP contribution in [0.25, 0.3) is 11.4 Å². The highest BCUT2D eigenvalue weighted by molar-refractivity contribution is 5.66. The summed E-state index contributed by atoms with van der Waals surface area (Å²) in [6, 6.07) is 11.5. The Kier molecular flexibility index (Phi) is 6.90. The van der Waals surface area contributed by atoms with E-state index in [4.69, 9.17) is 4.52 Å². The number of halogens is 3. The third kappa shape index (κ3) is 5.24. The fourth-order valence-corrected chi connectivity index (χ4v) is 4.38. The summed E-state index contributed by atoms with van der Waals surface area (Å²) in [4.78, 5) is 16.8. The highest BCUT2D eigenvalue weighted by atomic mass is 19.4. The van der Waals surface area contributed by atoms with Gasteiger partial charge in [0.05, 0.1) is 5.56 Å². The van der Waals surface area contributed by atoms with Crippen molar-refractivity contribution in [1.29, 1.82) is 0 Å². The van der Waals surface area contributed by atoms with E-state index >= 15 is 0 Å². The van der Waals surface area contributed by atoms with Crippen molar-refractivity contribution in [2.75, 3.05) is 6.54 Å². The zero-order chi connectivity index (χ0) is 24.3. The fourth-order valence-electron chi connectivity index (χ4n) is 4.38. The molecular formula is C25H26F3N3O3. The van der Waals surface area contributed by atoms with E-state index in [-0.39, 0.29) is 29.3 Å². The molecule has 0 aliphatic carbocycles. The van der Waals surface area contributed by atoms with Gasteiger partial charge < -0.3 is 9.63 Å². The van der Waals surface area contributed by atoms with Gasteiger partial charge in [0.25, 0.3) is 0 Å². The molecule has 1 fully saturated rings. The minimum Gasteiger partial charge on any atom is -0.465 e. The Morgan fingerprint density at radius 2 is 1.82 bits per heavy atom. The molecule has 4 rings (SSSR count). The normalized spacial score (nSPS) is 16.2. The molecule has 0 spiro atoms. The quantitative estimate of drug-likeness (QED) is 0.435. The van der Waals surface area contributed by atoms with E-state index in [1.165, 1.54) is 16.5 Å². The number of carbonyl (C=O) groups is 1. The highest BCUT2D eigenvalue weighted by Crippen LogP contribution is 2.36. The zero-order valence-corrected chi connectivity index (χ0v) is 18.8. The summed E-state index contributed by atoms with van der Waals surface area (Å²) >= 11 is 0. The van der Waals surface area contributed by atoms with Gasteiger partial charge in [-0.05, 0) is 54.9 Å². The van der Waals surface area contributed by atoms with Gasteiger partial charge in [-0.2, -0.15) is 18.2 Å². The molecule has 0 unspecified atom stereocenters. The van der Waals surface area contributed by atoms with Gasteiger partial charge in [0.2, 0.25) is 11.7 Å². The lowest BCUT2D eigenvalue weighted by Crippen LogP contribution is -2.28. The van der Waals surface area contributed by atoms with Crippen molar-refractivity contribution in [1.82, 2.24) is 15.0 Å². The first-order valence-electron chi connectivity index (χ1n) is 11.4. The molecule has 9 heteroatoms. The molecule has 0 radical (unpaired) electrons. The number of rotatable bonds is 7. The van der Waals surface area contributed by atoms with Crippen molar-refractivity contribution >= 4 is 6.09 Å². The Balaban J connectivity index is 1.54. The molecule has 6 nitrogen and oxygen atoms in total. The van der Waals surface area contributed by atoms with Crippen molar-refractivity contribution in [3.05, 3.63) is 70.6 Å². The van der Waals surface area contributed by atoms with E-state index in [0.717, 1.165) is 24.5 Å². The summed E-state index contributed by atoms with van der Waals surface area (Å²) in [6.45, 7) is 2.46. The van der Waals surface area contributed by atoms with Crippen molar-refractivity contribution < 1.29 is 27.6 Å². The first-order chi connectivity index (χ1) is 16.3. The lowest BCUT2D eigenvalue weighted by molar-refractivity contribution is -0.138. The van der Waals surface area contributed by atoms with E-state index in [2.05, 4.69) is 17.1 Å². The van der Waals surface area contributed by atoms with Gasteiger partial charge in [-0.3, -0.25) is 4.90 Å². The van der Waals surface area contributed by atoms with E-state index in [0.29, 0.717) is 25.8 Å². The second-order valence-corrected chi connectivity index (χ2v) is 8.53. The van der Waals surface area contributed by atoms with E-state index in [1.807, 2.05) is 24.3 Å². The monoisotopic (exact) mass is 473 g/mol. The van der Waals surface area contributed by atoms with Crippen LogP contribution < -0.4 is 0 Å². The Labute approximate surface area is 195 Å². The van der Waals surface area contributed by atoms with Gasteiger partial charge in [0, 0.05) is 12.1 Å². The Morgan fingerprint density at radius 1 is 1.12 bits per heavy atom. The zero-order valence-electron chi connectivity index (χ0n) is 18.8. The van der Waals surface area contributed by atoms with Crippen LogP contribution in [0, 0.1) is 0 Å². The standard InChI is InChI=1S/C25H26F3N3O3/c1-2-4-16-6-8-17(9-7-16)10-11-18-12-13-19(15-20(18)25(26,27)28)22-29-23(34-30-22)21-5-3-14-31(21)24(32)33/h6-9,12-13,15,21H,2-5,10-11,14H2,1H3,(H,32,33)/t21-/m0/s1. The molecule has 1 N–H and O–H groups in total. The van der Waals surface area contributed by atoms with Crippen LogP contribution in [0.2, 0.25) is 0 Å². The van der Waals surface area contributed by atoms with Gasteiger partial charge in [-0.25, -0.2) is 4.79 Å². The molecule has 1 atom stereocenters. The Hall–Kier alpha value is -3.36. The second-order valence-electron chi connectivity index (χ2n) is 8.53. The molecule has 3 aromatic rings. The Bertz CT molecular complexity index is 1140. The maximum absolute atomic E-state index is 13.9. The number of likely N-dealkylation sites (tertiary alicyclic amines) is 1. The summed E-state index contributed by atoms with van der Waals surface area (Å²) in [5.41, 5.74) is 1.85. The van der Waals surface area contributed by atoms with Crippen LogP contribution in [0.5, 0.6) is 0 Å². The number of hydrogen-bond acceptors (Lipinski definition) is 4. The predicted molar refractivity (Wildman–Crippen MR) is 119 cm³/mol. The van der Waals surface area contributed by atoms with Crippen LogP contribution in [0.3, 0.4) is 0 Å². The summed E-state index contributed by atoms with van der Waals surface area (Å²) in [5.74, 6) is 0.106. The average molecular weight is 473 g/mol. The first-order valence-corrected chi connectivity index (χ1v) is 11.4. The summed E-state index contributed by atoms with van der Waals surface area (Å²) in [6.07, 6.45) is -1.68. The molecule has 34 heavy (non-hydrogen) atoms. The average Bonchev–Trinajstić information content (AvgIpc) is 3.48. The number of aromatic nitrogens is 2. The highest BCUT2D eigenvalue weighted by Gasteiger charge is 2.36. The van der Waals surface area contributed by atoms with Crippen LogP contribution >= 0.6 is 0 Å². The van der Waals surface area contributed by atoms with Crippen molar-refractivity contribution in [2.24, 2.45) is 0 Å². The molecule has 0 saturated carbocycles. The molecule has 1 saturated heterocycles. The smallest absolute Gasteiger partial charge is 0.416 e. The predicted octanol–water partition coefficient (Wildman–Crippen LogP) is 6.31. The second kappa shape index (κ2) is 9.87. The third-order valence-electron chi connectivity index (χ3n) is 6.14. The number of alkyl halides is 3. The molecular weight excluding hydrogens is 447 g/mol. The molecule has 0 bridgehead atoms. The maximum atomic E-state index is 13.9. The van der Waals surface area contributed by atoms with E-state index < -0.39 is 23.9 Å². The number of nitrogens with zero attached hydrogens (tertiary/aromatic N) is 3. The van der Waals surface area contributed by atoms with Gasteiger partial charge in [-0.1, -0.05) is 54.9 Å². The van der Waals surface area contributed by atoms with Crippen LogP contribution in [0.1, 0.15) is 60.4 Å². The topological polar surface area (TPSA) is 79.5 Å². The Morgan fingerprint density at radius 3 is 2.47 bits per heavy atom. The van der Waals surface area contributed by atoms with Gasteiger partial charge >= 0.3 is 12.3 Å². The van der Waals surface area contributed by atoms with Crippen LogP contribution in [0.15, 0.2) is 47.0 Å². The molecule has 1 aromatic heterocycles. The fraction of sp³-hybridized carbons (Fsp3) is 0.400. The van der Waals surface area contributed by atoms with Crippen LogP contribution in [0.4, 0.5) is 18.0 Å². The number of benzene rings is 2. The minimum absolute atomic E-state index is 0.0100. The largest absolute Gasteiger partial charge is 0.465 e. The SMILES string of the molecule is CCCc1ccc(CCc2ccc(-c3noc([C@@H]4CCCN4C(=O)O)n3)cc2C(F)(F)F)cc1. The summed E-state index contributed by atoms with van der Waals surface area (Å²) < 4.78 is 46.8.